The second-order valence-corrected chi connectivity index (χ2v) is 3.28. The number of aromatic nitrogens is 4. The first-order valence-corrected chi connectivity index (χ1v) is 4.80. The number of nitrogen functional groups attached to an aromatic ring is 1. The van der Waals surface area contributed by atoms with Crippen LogP contribution in [0.5, 0.6) is 0 Å². The molecule has 2 aromatic rings. The van der Waals surface area contributed by atoms with Crippen molar-refractivity contribution in [1.29, 1.82) is 5.26 Å². The van der Waals surface area contributed by atoms with Crippen molar-refractivity contribution >= 4 is 16.9 Å². The minimum atomic E-state index is 0.394. The molecule has 7 heteroatoms. The van der Waals surface area contributed by atoms with Crippen molar-refractivity contribution in [3.63, 3.8) is 0 Å². The predicted octanol–water partition coefficient (Wildman–Crippen LogP) is 0.334. The summed E-state index contributed by atoms with van der Waals surface area (Å²) in [7, 11) is 0. The highest BCUT2D eigenvalue weighted by Crippen LogP contribution is 2.18. The lowest BCUT2D eigenvalue weighted by Crippen LogP contribution is -2.10. The van der Waals surface area contributed by atoms with Crippen molar-refractivity contribution < 1.29 is 0 Å². The number of nitrogens with one attached hydrogen (secondary N) is 1. The Morgan fingerprint density at radius 1 is 1.56 bits per heavy atom. The number of nitrogens with two attached hydrogens (primary N) is 1. The normalized spacial score (nSPS) is 10.3. The molecule has 0 saturated heterocycles. The Hall–Kier alpha value is -2.20. The topological polar surface area (TPSA) is 105 Å². The number of nitriles is 1. The summed E-state index contributed by atoms with van der Waals surface area (Å²) in [5.41, 5.74) is 3.20. The molecule has 0 aliphatic carbocycles. The van der Waals surface area contributed by atoms with Crippen molar-refractivity contribution in [3.8, 4) is 6.07 Å². The third-order valence-electron chi connectivity index (χ3n) is 2.18. The Morgan fingerprint density at radius 2 is 2.38 bits per heavy atom. The van der Waals surface area contributed by atoms with E-state index in [0.29, 0.717) is 30.3 Å². The molecule has 0 spiro atoms. The van der Waals surface area contributed by atoms with Gasteiger partial charge in [-0.1, -0.05) is 0 Å². The van der Waals surface area contributed by atoms with E-state index in [9.17, 15) is 0 Å². The summed E-state index contributed by atoms with van der Waals surface area (Å²) >= 11 is 0. The van der Waals surface area contributed by atoms with E-state index in [1.807, 2.05) is 0 Å². The molecule has 0 aliphatic heterocycles. The molecule has 2 heterocycles. The predicted molar refractivity (Wildman–Crippen MR) is 58.1 cm³/mol. The Kier molecular flexibility index (Phi) is 2.66. The van der Waals surface area contributed by atoms with Crippen LogP contribution in [0.4, 0.5) is 5.82 Å². The number of hydrazine groups is 1. The van der Waals surface area contributed by atoms with Gasteiger partial charge < -0.3 is 5.43 Å². The number of rotatable bonds is 3. The zero-order valence-corrected chi connectivity index (χ0v) is 8.80. The van der Waals surface area contributed by atoms with E-state index in [4.69, 9.17) is 11.1 Å². The second-order valence-electron chi connectivity index (χ2n) is 3.28. The molecule has 0 atom stereocenters. The van der Waals surface area contributed by atoms with Gasteiger partial charge in [-0.05, 0) is 6.92 Å². The summed E-state index contributed by atoms with van der Waals surface area (Å²) in [6.45, 7) is 2.29. The maximum Gasteiger partial charge on any atom is 0.163 e. The van der Waals surface area contributed by atoms with Gasteiger partial charge in [-0.2, -0.15) is 10.4 Å². The number of fused-ring (bicyclic) bond motifs is 1. The Morgan fingerprint density at radius 3 is 3.06 bits per heavy atom. The Bertz CT molecular complexity index is 551. The highest BCUT2D eigenvalue weighted by atomic mass is 15.3. The van der Waals surface area contributed by atoms with Crippen molar-refractivity contribution in [1.82, 2.24) is 19.7 Å². The van der Waals surface area contributed by atoms with Gasteiger partial charge in [-0.3, -0.25) is 0 Å². The maximum absolute atomic E-state index is 8.54. The van der Waals surface area contributed by atoms with Crippen LogP contribution in [0.1, 0.15) is 12.2 Å². The first-order valence-electron chi connectivity index (χ1n) is 4.80. The summed E-state index contributed by atoms with van der Waals surface area (Å²) in [5.74, 6) is 6.52. The first-order chi connectivity index (χ1) is 7.76. The fourth-order valence-electron chi connectivity index (χ4n) is 1.49. The third-order valence-corrected chi connectivity index (χ3v) is 2.18. The van der Waals surface area contributed by atoms with E-state index in [1.165, 1.54) is 0 Å². The highest BCUT2D eigenvalue weighted by Gasteiger charge is 2.10. The SMILES string of the molecule is Cc1nc(NN)c2cnn(CCC#N)c2n1. The van der Waals surface area contributed by atoms with Crippen molar-refractivity contribution in [3.05, 3.63) is 12.0 Å². The molecular formula is C9H11N7. The van der Waals surface area contributed by atoms with Gasteiger partial charge in [-0.15, -0.1) is 0 Å². The number of aryl methyl sites for hydroxylation is 2. The van der Waals surface area contributed by atoms with Crippen LogP contribution in [-0.4, -0.2) is 19.7 Å². The third kappa shape index (κ3) is 1.66. The smallest absolute Gasteiger partial charge is 0.163 e. The van der Waals surface area contributed by atoms with Gasteiger partial charge in [0.2, 0.25) is 0 Å². The van der Waals surface area contributed by atoms with Gasteiger partial charge in [0.15, 0.2) is 11.5 Å². The van der Waals surface area contributed by atoms with Gasteiger partial charge in [0.1, 0.15) is 5.82 Å². The van der Waals surface area contributed by atoms with E-state index >= 15 is 0 Å². The second kappa shape index (κ2) is 4.12. The molecule has 82 valence electrons. The zero-order valence-electron chi connectivity index (χ0n) is 8.80. The van der Waals surface area contributed by atoms with Crippen LogP contribution in [-0.2, 0) is 6.54 Å². The van der Waals surface area contributed by atoms with Crippen molar-refractivity contribution in [2.75, 3.05) is 5.43 Å². The summed E-state index contributed by atoms with van der Waals surface area (Å²) in [5, 5.41) is 13.4. The lowest BCUT2D eigenvalue weighted by atomic mass is 10.4. The van der Waals surface area contributed by atoms with Crippen molar-refractivity contribution in [2.24, 2.45) is 5.84 Å². The van der Waals surface area contributed by atoms with Gasteiger partial charge >= 0.3 is 0 Å². The van der Waals surface area contributed by atoms with Crippen LogP contribution in [0.3, 0.4) is 0 Å². The lowest BCUT2D eigenvalue weighted by Gasteiger charge is -2.03. The summed E-state index contributed by atoms with van der Waals surface area (Å²) in [6, 6.07) is 2.07. The molecule has 0 aliphatic rings. The molecule has 2 rings (SSSR count). The molecular weight excluding hydrogens is 206 g/mol. The highest BCUT2D eigenvalue weighted by molar-refractivity contribution is 5.86. The van der Waals surface area contributed by atoms with Gasteiger partial charge in [-0.25, -0.2) is 20.5 Å². The number of hydrogen-bond acceptors (Lipinski definition) is 6. The Labute approximate surface area is 91.9 Å². The van der Waals surface area contributed by atoms with E-state index in [2.05, 4.69) is 26.6 Å². The van der Waals surface area contributed by atoms with Gasteiger partial charge in [0, 0.05) is 0 Å². The molecule has 0 radical (unpaired) electrons. The molecule has 0 amide bonds. The summed E-state index contributed by atoms with van der Waals surface area (Å²) < 4.78 is 1.67. The quantitative estimate of drug-likeness (QED) is 0.567. The van der Waals surface area contributed by atoms with Crippen LogP contribution in [0, 0.1) is 18.3 Å². The van der Waals surface area contributed by atoms with Crippen LogP contribution in [0.2, 0.25) is 0 Å². The minimum Gasteiger partial charge on any atom is -0.308 e. The van der Waals surface area contributed by atoms with Gasteiger partial charge in [0.25, 0.3) is 0 Å². The van der Waals surface area contributed by atoms with Crippen LogP contribution < -0.4 is 11.3 Å². The monoisotopic (exact) mass is 217 g/mol. The standard InChI is InChI=1S/C9H11N7/c1-6-13-8(15-11)7-5-12-16(4-2-3-10)9(7)14-6/h5H,2,4,11H2,1H3,(H,13,14,15). The molecule has 0 saturated carbocycles. The van der Waals surface area contributed by atoms with Crippen LogP contribution >= 0.6 is 0 Å². The van der Waals surface area contributed by atoms with E-state index in [-0.39, 0.29) is 0 Å². The van der Waals surface area contributed by atoms with E-state index < -0.39 is 0 Å². The molecule has 0 bridgehead atoms. The van der Waals surface area contributed by atoms with E-state index in [0.717, 1.165) is 5.39 Å². The molecule has 2 aromatic heterocycles. The average molecular weight is 217 g/mol. The van der Waals surface area contributed by atoms with Crippen molar-refractivity contribution in [2.45, 2.75) is 19.9 Å². The van der Waals surface area contributed by atoms with Gasteiger partial charge in [0.05, 0.1) is 30.6 Å². The minimum absolute atomic E-state index is 0.394. The summed E-state index contributed by atoms with van der Waals surface area (Å²) in [6.07, 6.45) is 2.03. The first kappa shape index (κ1) is 10.3. The number of hydrogen-bond donors (Lipinski definition) is 2. The fraction of sp³-hybridized carbons (Fsp3) is 0.333. The lowest BCUT2D eigenvalue weighted by molar-refractivity contribution is 0.642. The molecule has 0 aromatic carbocycles. The number of anilines is 1. The fourth-order valence-corrected chi connectivity index (χ4v) is 1.49. The Balaban J connectivity index is 2.54. The van der Waals surface area contributed by atoms with Crippen LogP contribution in [0.15, 0.2) is 6.20 Å². The maximum atomic E-state index is 8.54. The molecule has 0 unspecified atom stereocenters. The molecule has 3 N–H and O–H groups in total. The largest absolute Gasteiger partial charge is 0.308 e. The average Bonchev–Trinajstić information content (AvgIpc) is 2.68. The molecule has 16 heavy (non-hydrogen) atoms. The zero-order chi connectivity index (χ0) is 11.5. The molecule has 0 fully saturated rings. The molecule has 7 nitrogen and oxygen atoms in total. The number of nitrogens with zero attached hydrogens (tertiary/aromatic N) is 5. The van der Waals surface area contributed by atoms with Crippen LogP contribution in [0.25, 0.3) is 11.0 Å². The van der Waals surface area contributed by atoms with E-state index in [1.54, 1.807) is 17.8 Å². The summed E-state index contributed by atoms with van der Waals surface area (Å²) in [4.78, 5) is 8.43.